The summed E-state index contributed by atoms with van der Waals surface area (Å²) in [6, 6.07) is 0. The predicted molar refractivity (Wildman–Crippen MR) is 31.5 cm³/mol. The topological polar surface area (TPSA) is 46.5 Å². The first-order chi connectivity index (χ1) is 5.43. The number of aliphatic carboxylic acids is 1. The van der Waals surface area contributed by atoms with Crippen LogP contribution in [0.15, 0.2) is 0 Å². The van der Waals surface area contributed by atoms with Crippen LogP contribution >= 0.6 is 0 Å². The van der Waals surface area contributed by atoms with Gasteiger partial charge in [0.1, 0.15) is 0 Å². The molecule has 0 aromatic carbocycles. The van der Waals surface area contributed by atoms with Crippen LogP contribution < -0.4 is 0 Å². The highest BCUT2D eigenvalue weighted by molar-refractivity contribution is 5.71. The van der Waals surface area contributed by atoms with Gasteiger partial charge in [0.25, 0.3) is 0 Å². The SMILES string of the molecule is O=C(O)[C@@H]1CCO[C@@H]1C(F)(F)F. The Morgan fingerprint density at radius 1 is 1.50 bits per heavy atom. The third kappa shape index (κ3) is 1.69. The third-order valence-corrected chi connectivity index (χ3v) is 1.73. The van der Waals surface area contributed by atoms with Gasteiger partial charge in [0.15, 0.2) is 6.10 Å². The maximum Gasteiger partial charge on any atom is 0.415 e. The number of ether oxygens (including phenoxy) is 1. The molecule has 12 heavy (non-hydrogen) atoms. The maximum absolute atomic E-state index is 12.0. The van der Waals surface area contributed by atoms with E-state index in [4.69, 9.17) is 5.11 Å². The molecule has 0 amide bonds. The van der Waals surface area contributed by atoms with Crippen molar-refractivity contribution in [3.8, 4) is 0 Å². The van der Waals surface area contributed by atoms with Crippen LogP contribution in [0.3, 0.4) is 0 Å². The van der Waals surface area contributed by atoms with Crippen LogP contribution in [0.25, 0.3) is 0 Å². The highest BCUT2D eigenvalue weighted by atomic mass is 19.4. The summed E-state index contributed by atoms with van der Waals surface area (Å²) in [5.74, 6) is -2.89. The Morgan fingerprint density at radius 3 is 2.42 bits per heavy atom. The van der Waals surface area contributed by atoms with E-state index in [1.165, 1.54) is 0 Å². The predicted octanol–water partition coefficient (Wildman–Crippen LogP) is 1.04. The third-order valence-electron chi connectivity index (χ3n) is 1.73. The van der Waals surface area contributed by atoms with Crippen molar-refractivity contribution in [3.05, 3.63) is 0 Å². The van der Waals surface area contributed by atoms with Gasteiger partial charge in [-0.1, -0.05) is 0 Å². The summed E-state index contributed by atoms with van der Waals surface area (Å²) in [4.78, 5) is 10.3. The van der Waals surface area contributed by atoms with Gasteiger partial charge in [-0.25, -0.2) is 0 Å². The summed E-state index contributed by atoms with van der Waals surface area (Å²) in [6.07, 6.45) is -6.77. The molecule has 0 saturated carbocycles. The van der Waals surface area contributed by atoms with E-state index in [1.54, 1.807) is 0 Å². The number of alkyl halides is 3. The Kier molecular flexibility index (Phi) is 2.27. The van der Waals surface area contributed by atoms with Crippen LogP contribution in [0, 0.1) is 5.92 Å². The minimum Gasteiger partial charge on any atom is -0.481 e. The summed E-state index contributed by atoms with van der Waals surface area (Å²) in [6.45, 7) is -0.138. The molecule has 0 aromatic rings. The van der Waals surface area contributed by atoms with Gasteiger partial charge < -0.3 is 9.84 Å². The lowest BCUT2D eigenvalue weighted by atomic mass is 10.0. The minimum atomic E-state index is -4.57. The highest BCUT2D eigenvalue weighted by Gasteiger charge is 2.51. The quantitative estimate of drug-likeness (QED) is 0.662. The van der Waals surface area contributed by atoms with Gasteiger partial charge in [0, 0.05) is 6.61 Å². The molecule has 1 heterocycles. The van der Waals surface area contributed by atoms with Crippen LogP contribution in [0.4, 0.5) is 13.2 Å². The van der Waals surface area contributed by atoms with Gasteiger partial charge >= 0.3 is 12.1 Å². The number of carboxylic acid groups (broad SMARTS) is 1. The first-order valence-electron chi connectivity index (χ1n) is 3.34. The van der Waals surface area contributed by atoms with Crippen molar-refractivity contribution in [1.82, 2.24) is 0 Å². The molecule has 1 N–H and O–H groups in total. The molecule has 1 aliphatic heterocycles. The van der Waals surface area contributed by atoms with E-state index >= 15 is 0 Å². The van der Waals surface area contributed by atoms with Gasteiger partial charge in [0.05, 0.1) is 5.92 Å². The summed E-state index contributed by atoms with van der Waals surface area (Å²) in [5.41, 5.74) is 0. The van der Waals surface area contributed by atoms with Crippen LogP contribution in [0.1, 0.15) is 6.42 Å². The van der Waals surface area contributed by atoms with Crippen molar-refractivity contribution < 1.29 is 27.8 Å². The lowest BCUT2D eigenvalue weighted by Gasteiger charge is -2.17. The number of rotatable bonds is 1. The summed E-state index contributed by atoms with van der Waals surface area (Å²) < 4.78 is 40.2. The van der Waals surface area contributed by atoms with Crippen LogP contribution in [0.5, 0.6) is 0 Å². The fourth-order valence-corrected chi connectivity index (χ4v) is 1.17. The Bertz CT molecular complexity index is 189. The Balaban J connectivity index is 2.71. The zero-order chi connectivity index (χ0) is 9.35. The highest BCUT2D eigenvalue weighted by Crippen LogP contribution is 2.34. The van der Waals surface area contributed by atoms with Crippen LogP contribution in [-0.2, 0) is 9.53 Å². The summed E-state index contributed by atoms with van der Waals surface area (Å²) in [7, 11) is 0. The molecule has 1 aliphatic rings. The van der Waals surface area contributed by atoms with E-state index in [2.05, 4.69) is 4.74 Å². The summed E-state index contributed by atoms with van der Waals surface area (Å²) >= 11 is 0. The molecule has 3 nitrogen and oxygen atoms in total. The molecule has 1 fully saturated rings. The monoisotopic (exact) mass is 184 g/mol. The second-order valence-corrected chi connectivity index (χ2v) is 2.57. The van der Waals surface area contributed by atoms with Gasteiger partial charge in [0.2, 0.25) is 0 Å². The van der Waals surface area contributed by atoms with Gasteiger partial charge in [-0.2, -0.15) is 13.2 Å². The van der Waals surface area contributed by atoms with Crippen molar-refractivity contribution in [3.63, 3.8) is 0 Å². The number of hydrogen-bond donors (Lipinski definition) is 1. The standard InChI is InChI=1S/C6H7F3O3/c7-6(8,9)4-3(5(10)11)1-2-12-4/h3-4H,1-2H2,(H,10,11)/t3-,4+/m1/s1. The molecular weight excluding hydrogens is 177 g/mol. The van der Waals surface area contributed by atoms with E-state index in [-0.39, 0.29) is 13.0 Å². The molecule has 6 heteroatoms. The number of halogens is 3. The number of carboxylic acids is 1. The molecule has 1 rings (SSSR count). The van der Waals surface area contributed by atoms with Crippen molar-refractivity contribution in [2.75, 3.05) is 6.61 Å². The Hall–Kier alpha value is -0.780. The number of carbonyl (C=O) groups is 1. The van der Waals surface area contributed by atoms with Gasteiger partial charge in [-0.15, -0.1) is 0 Å². The van der Waals surface area contributed by atoms with Crippen LogP contribution in [-0.4, -0.2) is 30.0 Å². The average molecular weight is 184 g/mol. The molecule has 0 radical (unpaired) electrons. The fourth-order valence-electron chi connectivity index (χ4n) is 1.17. The molecule has 0 aromatic heterocycles. The number of hydrogen-bond acceptors (Lipinski definition) is 2. The maximum atomic E-state index is 12.0. The molecule has 0 bridgehead atoms. The minimum absolute atomic E-state index is 0.0699. The average Bonchev–Trinajstić information content (AvgIpc) is 2.30. The first kappa shape index (κ1) is 9.31. The molecule has 1 saturated heterocycles. The van der Waals surface area contributed by atoms with E-state index in [9.17, 15) is 18.0 Å². The second-order valence-electron chi connectivity index (χ2n) is 2.57. The van der Waals surface area contributed by atoms with E-state index in [0.29, 0.717) is 0 Å². The van der Waals surface area contributed by atoms with Crippen LogP contribution in [0.2, 0.25) is 0 Å². The van der Waals surface area contributed by atoms with Crippen molar-refractivity contribution in [2.45, 2.75) is 18.7 Å². The van der Waals surface area contributed by atoms with Gasteiger partial charge in [-0.3, -0.25) is 4.79 Å². The molecule has 70 valence electrons. The smallest absolute Gasteiger partial charge is 0.415 e. The van der Waals surface area contributed by atoms with Crippen molar-refractivity contribution >= 4 is 5.97 Å². The zero-order valence-corrected chi connectivity index (χ0v) is 5.97. The lowest BCUT2D eigenvalue weighted by Crippen LogP contribution is -2.37. The largest absolute Gasteiger partial charge is 0.481 e. The molecule has 0 aliphatic carbocycles. The zero-order valence-electron chi connectivity index (χ0n) is 5.97. The second kappa shape index (κ2) is 2.93. The first-order valence-corrected chi connectivity index (χ1v) is 3.34. The molecule has 0 spiro atoms. The summed E-state index contributed by atoms with van der Waals surface area (Å²) in [5, 5.41) is 8.37. The Morgan fingerprint density at radius 2 is 2.08 bits per heavy atom. The van der Waals surface area contributed by atoms with Crippen molar-refractivity contribution in [1.29, 1.82) is 0 Å². The normalized spacial score (nSPS) is 30.6. The van der Waals surface area contributed by atoms with E-state index in [0.717, 1.165) is 0 Å². The molecular formula is C6H7F3O3. The Labute approximate surface area is 66.1 Å². The van der Waals surface area contributed by atoms with Crippen molar-refractivity contribution in [2.24, 2.45) is 5.92 Å². The van der Waals surface area contributed by atoms with E-state index < -0.39 is 24.2 Å². The van der Waals surface area contributed by atoms with E-state index in [1.807, 2.05) is 0 Å². The molecule has 2 atom stereocenters. The van der Waals surface area contributed by atoms with Gasteiger partial charge in [-0.05, 0) is 6.42 Å². The fraction of sp³-hybridized carbons (Fsp3) is 0.833. The molecule has 0 unspecified atom stereocenters. The lowest BCUT2D eigenvalue weighted by molar-refractivity contribution is -0.219.